The Balaban J connectivity index is 2.09. The van der Waals surface area contributed by atoms with E-state index in [-0.39, 0.29) is 12.1 Å². The number of hydrogen-bond acceptors (Lipinski definition) is 3. The molecule has 1 aromatic heterocycles. The second kappa shape index (κ2) is 5.50. The molecule has 0 saturated carbocycles. The Kier molecular flexibility index (Phi) is 4.22. The molecule has 2 rings (SSSR count). The van der Waals surface area contributed by atoms with E-state index in [1.54, 1.807) is 0 Å². The van der Waals surface area contributed by atoms with Gasteiger partial charge in [-0.15, -0.1) is 0 Å². The van der Waals surface area contributed by atoms with Gasteiger partial charge in [0.2, 0.25) is 0 Å². The van der Waals surface area contributed by atoms with Gasteiger partial charge >= 0.3 is 0 Å². The predicted molar refractivity (Wildman–Crippen MR) is 71.0 cm³/mol. The molecule has 0 bridgehead atoms. The van der Waals surface area contributed by atoms with Gasteiger partial charge in [-0.05, 0) is 41.7 Å². The van der Waals surface area contributed by atoms with Crippen molar-refractivity contribution in [2.45, 2.75) is 44.8 Å². The number of aryl methyl sites for hydroxylation is 2. The van der Waals surface area contributed by atoms with E-state index in [1.165, 1.54) is 0 Å². The molecule has 1 saturated heterocycles. The first-order chi connectivity index (χ1) is 8.13. The number of nitrogens with one attached hydrogen (secondary N) is 1. The van der Waals surface area contributed by atoms with Crippen LogP contribution in [0.3, 0.4) is 0 Å². The number of aliphatic hydroxyl groups excluding tert-OH is 1. The SMILES string of the molecule is CCc1nn(C)c(CC(O)C2CCCN2)c1Br. The summed E-state index contributed by atoms with van der Waals surface area (Å²) in [6, 6.07) is 0.238. The van der Waals surface area contributed by atoms with Crippen molar-refractivity contribution in [1.82, 2.24) is 15.1 Å². The van der Waals surface area contributed by atoms with Crippen molar-refractivity contribution in [3.05, 3.63) is 15.9 Å². The average Bonchev–Trinajstić information content (AvgIpc) is 2.92. The summed E-state index contributed by atoms with van der Waals surface area (Å²) in [6.45, 7) is 3.11. The van der Waals surface area contributed by atoms with Crippen LogP contribution in [-0.2, 0) is 19.9 Å². The van der Waals surface area contributed by atoms with Crippen molar-refractivity contribution < 1.29 is 5.11 Å². The van der Waals surface area contributed by atoms with Crippen LogP contribution in [0.2, 0.25) is 0 Å². The summed E-state index contributed by atoms with van der Waals surface area (Å²) in [4.78, 5) is 0. The molecular formula is C12H20BrN3O. The second-order valence-corrected chi connectivity index (χ2v) is 5.45. The van der Waals surface area contributed by atoms with Crippen molar-refractivity contribution in [2.75, 3.05) is 6.54 Å². The summed E-state index contributed by atoms with van der Waals surface area (Å²) < 4.78 is 2.93. The Morgan fingerprint density at radius 2 is 2.41 bits per heavy atom. The van der Waals surface area contributed by atoms with Gasteiger partial charge in [-0.1, -0.05) is 6.92 Å². The molecule has 96 valence electrons. The monoisotopic (exact) mass is 301 g/mol. The topological polar surface area (TPSA) is 50.1 Å². The van der Waals surface area contributed by atoms with Crippen LogP contribution < -0.4 is 5.32 Å². The molecule has 17 heavy (non-hydrogen) atoms. The molecule has 2 atom stereocenters. The molecule has 0 aromatic carbocycles. The highest BCUT2D eigenvalue weighted by atomic mass is 79.9. The van der Waals surface area contributed by atoms with E-state index in [0.717, 1.165) is 41.7 Å². The minimum absolute atomic E-state index is 0.238. The van der Waals surface area contributed by atoms with Crippen LogP contribution in [0.15, 0.2) is 4.47 Å². The zero-order valence-electron chi connectivity index (χ0n) is 10.4. The second-order valence-electron chi connectivity index (χ2n) is 4.66. The van der Waals surface area contributed by atoms with E-state index in [1.807, 2.05) is 11.7 Å². The highest BCUT2D eigenvalue weighted by Crippen LogP contribution is 2.24. The number of hydrogen-bond donors (Lipinski definition) is 2. The van der Waals surface area contributed by atoms with Crippen molar-refractivity contribution in [3.8, 4) is 0 Å². The summed E-state index contributed by atoms with van der Waals surface area (Å²) in [5.74, 6) is 0. The van der Waals surface area contributed by atoms with Crippen LogP contribution in [0.1, 0.15) is 31.2 Å². The number of rotatable bonds is 4. The maximum Gasteiger partial charge on any atom is 0.0766 e. The largest absolute Gasteiger partial charge is 0.391 e. The van der Waals surface area contributed by atoms with Crippen molar-refractivity contribution in [1.29, 1.82) is 0 Å². The van der Waals surface area contributed by atoms with Crippen LogP contribution in [0, 0.1) is 0 Å². The van der Waals surface area contributed by atoms with Crippen molar-refractivity contribution >= 4 is 15.9 Å². The molecule has 0 radical (unpaired) electrons. The quantitative estimate of drug-likeness (QED) is 0.884. The number of aliphatic hydroxyl groups is 1. The molecule has 1 fully saturated rings. The molecule has 0 amide bonds. The molecular weight excluding hydrogens is 282 g/mol. The van der Waals surface area contributed by atoms with Crippen LogP contribution in [-0.4, -0.2) is 33.6 Å². The predicted octanol–water partition coefficient (Wildman–Crippen LogP) is 1.40. The molecule has 1 aliphatic rings. The van der Waals surface area contributed by atoms with E-state index in [9.17, 15) is 5.11 Å². The fourth-order valence-electron chi connectivity index (χ4n) is 2.42. The lowest BCUT2D eigenvalue weighted by atomic mass is 10.0. The fraction of sp³-hybridized carbons (Fsp3) is 0.750. The van der Waals surface area contributed by atoms with Crippen LogP contribution in [0.5, 0.6) is 0 Å². The highest BCUT2D eigenvalue weighted by molar-refractivity contribution is 9.10. The Labute approximate surface area is 111 Å². The number of halogens is 1. The summed E-state index contributed by atoms with van der Waals surface area (Å²) in [7, 11) is 1.94. The molecule has 5 heteroatoms. The van der Waals surface area contributed by atoms with Crippen LogP contribution in [0.4, 0.5) is 0 Å². The zero-order chi connectivity index (χ0) is 12.4. The lowest BCUT2D eigenvalue weighted by Crippen LogP contribution is -2.36. The molecule has 2 heterocycles. The molecule has 2 N–H and O–H groups in total. The van der Waals surface area contributed by atoms with E-state index in [4.69, 9.17) is 0 Å². The molecule has 0 aliphatic carbocycles. The van der Waals surface area contributed by atoms with Gasteiger partial charge in [0.15, 0.2) is 0 Å². The van der Waals surface area contributed by atoms with Gasteiger partial charge in [-0.2, -0.15) is 5.10 Å². The summed E-state index contributed by atoms with van der Waals surface area (Å²) in [5, 5.41) is 18.0. The summed E-state index contributed by atoms with van der Waals surface area (Å²) in [6.07, 6.45) is 3.47. The average molecular weight is 302 g/mol. The van der Waals surface area contributed by atoms with Gasteiger partial charge in [0.25, 0.3) is 0 Å². The zero-order valence-corrected chi connectivity index (χ0v) is 12.0. The van der Waals surface area contributed by atoms with E-state index < -0.39 is 0 Å². The maximum absolute atomic E-state index is 10.2. The smallest absolute Gasteiger partial charge is 0.0766 e. The molecule has 4 nitrogen and oxygen atoms in total. The Hall–Kier alpha value is -0.390. The van der Waals surface area contributed by atoms with Crippen molar-refractivity contribution in [3.63, 3.8) is 0 Å². The normalized spacial score (nSPS) is 22.0. The first-order valence-corrected chi connectivity index (χ1v) is 7.04. The van der Waals surface area contributed by atoms with E-state index in [2.05, 4.69) is 33.3 Å². The van der Waals surface area contributed by atoms with E-state index in [0.29, 0.717) is 6.42 Å². The van der Waals surface area contributed by atoms with Gasteiger partial charge in [-0.3, -0.25) is 4.68 Å². The van der Waals surface area contributed by atoms with Crippen molar-refractivity contribution in [2.24, 2.45) is 7.05 Å². The molecule has 0 spiro atoms. The minimum atomic E-state index is -0.325. The fourth-order valence-corrected chi connectivity index (χ4v) is 3.20. The lowest BCUT2D eigenvalue weighted by molar-refractivity contribution is 0.133. The number of nitrogens with zero attached hydrogens (tertiary/aromatic N) is 2. The highest BCUT2D eigenvalue weighted by Gasteiger charge is 2.25. The first kappa shape index (κ1) is 13.1. The first-order valence-electron chi connectivity index (χ1n) is 6.25. The van der Waals surface area contributed by atoms with E-state index >= 15 is 0 Å². The summed E-state index contributed by atoms with van der Waals surface area (Å²) in [5.41, 5.74) is 2.15. The van der Waals surface area contributed by atoms with Gasteiger partial charge in [-0.25, -0.2) is 0 Å². The minimum Gasteiger partial charge on any atom is -0.391 e. The molecule has 1 aromatic rings. The third kappa shape index (κ3) is 2.72. The van der Waals surface area contributed by atoms with Gasteiger partial charge in [0.1, 0.15) is 0 Å². The standard InChI is InChI=1S/C12H20BrN3O/c1-3-8-12(13)10(16(2)15-8)7-11(17)9-5-4-6-14-9/h9,11,14,17H,3-7H2,1-2H3. The Morgan fingerprint density at radius 1 is 1.65 bits per heavy atom. The molecule has 1 aliphatic heterocycles. The number of aromatic nitrogens is 2. The molecule has 2 unspecified atom stereocenters. The maximum atomic E-state index is 10.2. The Morgan fingerprint density at radius 3 is 2.94 bits per heavy atom. The van der Waals surface area contributed by atoms with Crippen LogP contribution >= 0.6 is 15.9 Å². The third-order valence-electron chi connectivity index (χ3n) is 3.47. The lowest BCUT2D eigenvalue weighted by Gasteiger charge is -2.18. The third-order valence-corrected chi connectivity index (χ3v) is 4.38. The summed E-state index contributed by atoms with van der Waals surface area (Å²) >= 11 is 3.58. The van der Waals surface area contributed by atoms with Gasteiger partial charge in [0, 0.05) is 19.5 Å². The van der Waals surface area contributed by atoms with Gasteiger partial charge in [0.05, 0.1) is 22.0 Å². The van der Waals surface area contributed by atoms with Gasteiger partial charge < -0.3 is 10.4 Å². The van der Waals surface area contributed by atoms with Crippen LogP contribution in [0.25, 0.3) is 0 Å². The Bertz CT molecular complexity index is 385.